The van der Waals surface area contributed by atoms with E-state index in [1.54, 1.807) is 0 Å². The van der Waals surface area contributed by atoms with E-state index in [4.69, 9.17) is 4.74 Å². The predicted octanol–water partition coefficient (Wildman–Crippen LogP) is 4.40. The van der Waals surface area contributed by atoms with Crippen LogP contribution in [-0.4, -0.2) is 40.8 Å². The minimum Gasteiger partial charge on any atom is -0.479 e. The van der Waals surface area contributed by atoms with E-state index in [2.05, 4.69) is 0 Å². The highest BCUT2D eigenvalue weighted by molar-refractivity contribution is 5.77. The van der Waals surface area contributed by atoms with Crippen molar-refractivity contribution < 1.29 is 45.4 Å². The van der Waals surface area contributed by atoms with Gasteiger partial charge in [0.2, 0.25) is 0 Å². The molecule has 0 amide bonds. The third-order valence-corrected chi connectivity index (χ3v) is 3.97. The highest BCUT2D eigenvalue weighted by Crippen LogP contribution is 2.50. The van der Waals surface area contributed by atoms with Gasteiger partial charge in [-0.15, -0.1) is 0 Å². The molecule has 0 aliphatic heterocycles. The molecule has 1 aliphatic rings. The standard InChI is InChI=1S/C13H17F7O3/c1-2-8(11(14,15)12(16,17)13(18,19)20)23-10(9(21)22)6-4-3-5-7-10/h8H,2-7H2,1H3,(H,21,22). The summed E-state index contributed by atoms with van der Waals surface area (Å²) >= 11 is 0. The number of rotatable bonds is 6. The molecule has 0 aromatic heterocycles. The first kappa shape index (κ1) is 20.0. The van der Waals surface area contributed by atoms with Gasteiger partial charge in [-0.05, 0) is 32.1 Å². The van der Waals surface area contributed by atoms with Gasteiger partial charge in [-0.1, -0.05) is 13.3 Å². The number of hydrogen-bond donors (Lipinski definition) is 1. The molecule has 0 bridgehead atoms. The molecule has 136 valence electrons. The SMILES string of the molecule is CCC(OC1(C(=O)O)CCCCC1)C(F)(F)C(F)(F)C(F)(F)F. The maximum atomic E-state index is 13.8. The maximum absolute atomic E-state index is 13.8. The molecular formula is C13H17F7O3. The van der Waals surface area contributed by atoms with E-state index in [0.29, 0.717) is 19.3 Å². The number of alkyl halides is 7. The smallest absolute Gasteiger partial charge is 0.459 e. The molecule has 1 unspecified atom stereocenters. The molecule has 1 saturated carbocycles. The topological polar surface area (TPSA) is 46.5 Å². The fraction of sp³-hybridized carbons (Fsp3) is 0.923. The molecule has 1 rings (SSSR count). The highest BCUT2D eigenvalue weighted by Gasteiger charge is 2.76. The van der Waals surface area contributed by atoms with Gasteiger partial charge in [-0.25, -0.2) is 4.79 Å². The van der Waals surface area contributed by atoms with Crippen LogP contribution in [0, 0.1) is 0 Å². The number of aliphatic carboxylic acids is 1. The lowest BCUT2D eigenvalue weighted by atomic mass is 9.84. The second-order valence-electron chi connectivity index (χ2n) is 5.57. The van der Waals surface area contributed by atoms with Crippen LogP contribution in [-0.2, 0) is 9.53 Å². The minimum absolute atomic E-state index is 0.216. The van der Waals surface area contributed by atoms with Crippen LogP contribution in [0.5, 0.6) is 0 Å². The average molecular weight is 354 g/mol. The van der Waals surface area contributed by atoms with Crippen molar-refractivity contribution in [3.05, 3.63) is 0 Å². The average Bonchev–Trinajstić information content (AvgIpc) is 2.44. The van der Waals surface area contributed by atoms with E-state index in [-0.39, 0.29) is 12.8 Å². The van der Waals surface area contributed by atoms with Crippen molar-refractivity contribution in [3.63, 3.8) is 0 Å². The van der Waals surface area contributed by atoms with Gasteiger partial charge in [0, 0.05) is 0 Å². The van der Waals surface area contributed by atoms with Gasteiger partial charge in [-0.2, -0.15) is 30.7 Å². The summed E-state index contributed by atoms with van der Waals surface area (Å²) in [4.78, 5) is 11.3. The molecule has 0 aromatic carbocycles. The molecule has 0 saturated heterocycles. The molecule has 3 nitrogen and oxygen atoms in total. The normalized spacial score (nSPS) is 21.0. The van der Waals surface area contributed by atoms with Gasteiger partial charge in [0.05, 0.1) is 0 Å². The Morgan fingerprint density at radius 1 is 1.09 bits per heavy atom. The quantitative estimate of drug-likeness (QED) is 0.719. The van der Waals surface area contributed by atoms with Gasteiger partial charge in [0.15, 0.2) is 5.60 Å². The first-order valence-electron chi connectivity index (χ1n) is 7.05. The Morgan fingerprint density at radius 2 is 1.57 bits per heavy atom. The monoisotopic (exact) mass is 354 g/mol. The lowest BCUT2D eigenvalue weighted by Crippen LogP contribution is -2.61. The van der Waals surface area contributed by atoms with Gasteiger partial charge < -0.3 is 9.84 Å². The zero-order chi connectivity index (χ0) is 18.1. The predicted molar refractivity (Wildman–Crippen MR) is 64.6 cm³/mol. The van der Waals surface area contributed by atoms with E-state index >= 15 is 0 Å². The van der Waals surface area contributed by atoms with Crippen LogP contribution < -0.4 is 0 Å². The summed E-state index contributed by atoms with van der Waals surface area (Å²) in [5.41, 5.74) is -2.16. The fourth-order valence-corrected chi connectivity index (χ4v) is 2.58. The van der Waals surface area contributed by atoms with Crippen molar-refractivity contribution in [1.29, 1.82) is 0 Å². The summed E-state index contributed by atoms with van der Waals surface area (Å²) in [6.45, 7) is 0.934. The number of carboxylic acid groups (broad SMARTS) is 1. The van der Waals surface area contributed by atoms with Crippen LogP contribution >= 0.6 is 0 Å². The van der Waals surface area contributed by atoms with E-state index < -0.39 is 42.1 Å². The summed E-state index contributed by atoms with van der Waals surface area (Å²) in [6.07, 6.45) is -9.48. The van der Waals surface area contributed by atoms with Crippen LogP contribution in [0.3, 0.4) is 0 Å². The second kappa shape index (κ2) is 6.45. The molecule has 10 heteroatoms. The summed E-state index contributed by atoms with van der Waals surface area (Å²) in [6, 6.07) is 0. The lowest BCUT2D eigenvalue weighted by molar-refractivity contribution is -0.379. The summed E-state index contributed by atoms with van der Waals surface area (Å²) < 4.78 is 95.2. The number of carbonyl (C=O) groups is 1. The van der Waals surface area contributed by atoms with E-state index in [1.807, 2.05) is 0 Å². The Hall–Kier alpha value is -1.06. The van der Waals surface area contributed by atoms with Gasteiger partial charge in [0.1, 0.15) is 6.10 Å². The Kier molecular flexibility index (Phi) is 5.60. The van der Waals surface area contributed by atoms with Crippen molar-refractivity contribution in [2.45, 2.75) is 75.2 Å². The van der Waals surface area contributed by atoms with Crippen LogP contribution in [0.25, 0.3) is 0 Å². The van der Waals surface area contributed by atoms with Gasteiger partial charge in [-0.3, -0.25) is 0 Å². The van der Waals surface area contributed by atoms with Crippen LogP contribution in [0.1, 0.15) is 45.4 Å². The molecule has 23 heavy (non-hydrogen) atoms. The van der Waals surface area contributed by atoms with Gasteiger partial charge in [0.25, 0.3) is 0 Å². The molecule has 1 fully saturated rings. The molecule has 1 atom stereocenters. The molecule has 0 radical (unpaired) electrons. The fourth-order valence-electron chi connectivity index (χ4n) is 2.58. The third kappa shape index (κ3) is 3.56. The first-order valence-corrected chi connectivity index (χ1v) is 7.05. The van der Waals surface area contributed by atoms with E-state index in [9.17, 15) is 40.6 Å². The molecule has 0 heterocycles. The van der Waals surface area contributed by atoms with E-state index in [0.717, 1.165) is 6.92 Å². The van der Waals surface area contributed by atoms with Crippen molar-refractivity contribution in [2.24, 2.45) is 0 Å². The number of hydrogen-bond acceptors (Lipinski definition) is 2. The lowest BCUT2D eigenvalue weighted by Gasteiger charge is -2.40. The molecule has 1 N–H and O–H groups in total. The van der Waals surface area contributed by atoms with Crippen molar-refractivity contribution >= 4 is 5.97 Å². The zero-order valence-corrected chi connectivity index (χ0v) is 12.2. The molecule has 1 aliphatic carbocycles. The van der Waals surface area contributed by atoms with E-state index in [1.165, 1.54) is 0 Å². The Bertz CT molecular complexity index is 428. The van der Waals surface area contributed by atoms with Crippen molar-refractivity contribution in [1.82, 2.24) is 0 Å². The third-order valence-electron chi connectivity index (χ3n) is 3.97. The van der Waals surface area contributed by atoms with Gasteiger partial charge >= 0.3 is 24.0 Å². The summed E-state index contributed by atoms with van der Waals surface area (Å²) in [7, 11) is 0. The zero-order valence-electron chi connectivity index (χ0n) is 12.2. The maximum Gasteiger partial charge on any atom is 0.459 e. The van der Waals surface area contributed by atoms with Crippen LogP contribution in [0.4, 0.5) is 30.7 Å². The number of carboxylic acids is 1. The van der Waals surface area contributed by atoms with Crippen LogP contribution in [0.2, 0.25) is 0 Å². The van der Waals surface area contributed by atoms with Crippen molar-refractivity contribution in [3.8, 4) is 0 Å². The first-order chi connectivity index (χ1) is 10.3. The van der Waals surface area contributed by atoms with Crippen LogP contribution in [0.15, 0.2) is 0 Å². The Labute approximate surface area is 127 Å². The Morgan fingerprint density at radius 3 is 1.91 bits per heavy atom. The molecule has 0 spiro atoms. The molecule has 0 aromatic rings. The number of ether oxygens (including phenoxy) is 1. The summed E-state index contributed by atoms with van der Waals surface area (Å²) in [5, 5.41) is 9.18. The second-order valence-corrected chi connectivity index (χ2v) is 5.57. The number of halogens is 7. The largest absolute Gasteiger partial charge is 0.479 e. The summed E-state index contributed by atoms with van der Waals surface area (Å²) in [5.74, 6) is -13.5. The minimum atomic E-state index is -6.48. The molecular weight excluding hydrogens is 337 g/mol. The Balaban J connectivity index is 3.13. The highest BCUT2D eigenvalue weighted by atomic mass is 19.4. The van der Waals surface area contributed by atoms with Crippen molar-refractivity contribution in [2.75, 3.05) is 0 Å².